The molecule has 1 amide bonds. The van der Waals surface area contributed by atoms with Gasteiger partial charge in [0.05, 0.1) is 17.0 Å². The molecule has 1 heterocycles. The standard InChI is InChI=1S/C19H26N2O5S/c22-18-14-21(13-12-20-18)27(24,25)17-10-8-15(9-11-17)19(23)26-16-6-4-2-1-3-5-7-16/h8-11,16H,1-7,12-14H2,(H,20,22). The highest BCUT2D eigenvalue weighted by Crippen LogP contribution is 2.22. The normalized spacial score (nSPS) is 20.4. The number of nitrogens with zero attached hydrogens (tertiary/aromatic N) is 1. The molecule has 1 aromatic rings. The first-order chi connectivity index (χ1) is 13.0. The zero-order valence-electron chi connectivity index (χ0n) is 15.4. The van der Waals surface area contributed by atoms with Gasteiger partial charge in [0, 0.05) is 13.1 Å². The molecule has 7 nitrogen and oxygen atoms in total. The van der Waals surface area contributed by atoms with Crippen LogP contribution < -0.4 is 5.32 Å². The summed E-state index contributed by atoms with van der Waals surface area (Å²) in [5.74, 6) is -0.730. The molecule has 1 saturated heterocycles. The van der Waals surface area contributed by atoms with E-state index in [1.807, 2.05) is 0 Å². The van der Waals surface area contributed by atoms with Gasteiger partial charge in [-0.1, -0.05) is 19.3 Å². The van der Waals surface area contributed by atoms with Gasteiger partial charge in [-0.15, -0.1) is 0 Å². The van der Waals surface area contributed by atoms with Crippen molar-refractivity contribution in [1.29, 1.82) is 0 Å². The Bertz CT molecular complexity index is 768. The van der Waals surface area contributed by atoms with Crippen LogP contribution in [0.4, 0.5) is 0 Å². The topological polar surface area (TPSA) is 92.8 Å². The summed E-state index contributed by atoms with van der Waals surface area (Å²) in [5, 5.41) is 2.60. The quantitative estimate of drug-likeness (QED) is 0.789. The first-order valence-corrected chi connectivity index (χ1v) is 11.0. The van der Waals surface area contributed by atoms with Crippen molar-refractivity contribution in [3.8, 4) is 0 Å². The van der Waals surface area contributed by atoms with E-state index in [2.05, 4.69) is 5.32 Å². The zero-order valence-corrected chi connectivity index (χ0v) is 16.2. The molecule has 1 aliphatic heterocycles. The Kier molecular flexibility index (Phi) is 6.49. The summed E-state index contributed by atoms with van der Waals surface area (Å²) in [4.78, 5) is 23.9. The van der Waals surface area contributed by atoms with Crippen molar-refractivity contribution < 1.29 is 22.7 Å². The van der Waals surface area contributed by atoms with Crippen LogP contribution in [0.2, 0.25) is 0 Å². The van der Waals surface area contributed by atoms with E-state index in [1.54, 1.807) is 0 Å². The molecular weight excluding hydrogens is 368 g/mol. The number of esters is 1. The smallest absolute Gasteiger partial charge is 0.338 e. The molecular formula is C19H26N2O5S. The number of piperazine rings is 1. The number of rotatable bonds is 4. The van der Waals surface area contributed by atoms with Crippen molar-refractivity contribution in [2.45, 2.75) is 55.9 Å². The number of sulfonamides is 1. The van der Waals surface area contributed by atoms with Crippen molar-refractivity contribution in [3.05, 3.63) is 29.8 Å². The molecule has 2 aliphatic rings. The summed E-state index contributed by atoms with van der Waals surface area (Å²) >= 11 is 0. The predicted octanol–water partition coefficient (Wildman–Crippen LogP) is 2.08. The number of nitrogens with one attached hydrogen (secondary N) is 1. The van der Waals surface area contributed by atoms with E-state index in [4.69, 9.17) is 4.74 Å². The lowest BCUT2D eigenvalue weighted by Gasteiger charge is -2.26. The molecule has 0 aromatic heterocycles. The van der Waals surface area contributed by atoms with Gasteiger partial charge in [0.25, 0.3) is 0 Å². The van der Waals surface area contributed by atoms with Crippen LogP contribution in [0.15, 0.2) is 29.2 Å². The molecule has 1 saturated carbocycles. The lowest BCUT2D eigenvalue weighted by atomic mass is 9.98. The Labute approximate surface area is 160 Å². The first-order valence-electron chi connectivity index (χ1n) is 9.55. The first kappa shape index (κ1) is 19.8. The zero-order chi connectivity index (χ0) is 19.3. The van der Waals surface area contributed by atoms with E-state index in [0.717, 1.165) is 30.0 Å². The van der Waals surface area contributed by atoms with Crippen LogP contribution in [0.3, 0.4) is 0 Å². The molecule has 1 N–H and O–H groups in total. The van der Waals surface area contributed by atoms with Crippen molar-refractivity contribution in [2.24, 2.45) is 0 Å². The van der Waals surface area contributed by atoms with Gasteiger partial charge in [-0.25, -0.2) is 13.2 Å². The third-order valence-electron chi connectivity index (χ3n) is 5.06. The van der Waals surface area contributed by atoms with Gasteiger partial charge in [-0.2, -0.15) is 4.31 Å². The lowest BCUT2D eigenvalue weighted by Crippen LogP contribution is -2.49. The van der Waals surface area contributed by atoms with Crippen LogP contribution in [0.1, 0.15) is 55.3 Å². The van der Waals surface area contributed by atoms with Gasteiger partial charge in [0.1, 0.15) is 6.10 Å². The fourth-order valence-electron chi connectivity index (χ4n) is 3.49. The average molecular weight is 394 g/mol. The second-order valence-electron chi connectivity index (χ2n) is 7.09. The number of carbonyl (C=O) groups is 2. The molecule has 0 unspecified atom stereocenters. The summed E-state index contributed by atoms with van der Waals surface area (Å²) in [6.45, 7) is 0.344. The maximum absolute atomic E-state index is 12.6. The average Bonchev–Trinajstić information content (AvgIpc) is 2.64. The van der Waals surface area contributed by atoms with E-state index in [9.17, 15) is 18.0 Å². The fraction of sp³-hybridized carbons (Fsp3) is 0.579. The minimum atomic E-state index is -3.75. The Morgan fingerprint density at radius 2 is 1.67 bits per heavy atom. The summed E-state index contributed by atoms with van der Waals surface area (Å²) in [6, 6.07) is 5.75. The minimum Gasteiger partial charge on any atom is -0.459 e. The Balaban J connectivity index is 1.65. The third-order valence-corrected chi connectivity index (χ3v) is 6.92. The lowest BCUT2D eigenvalue weighted by molar-refractivity contribution is -0.122. The van der Waals surface area contributed by atoms with Gasteiger partial charge in [0.2, 0.25) is 15.9 Å². The van der Waals surface area contributed by atoms with Crippen LogP contribution >= 0.6 is 0 Å². The molecule has 1 aromatic carbocycles. The molecule has 0 bridgehead atoms. The SMILES string of the molecule is O=C1CN(S(=O)(=O)c2ccc(C(=O)OC3CCCCCCC3)cc2)CCN1. The number of benzene rings is 1. The van der Waals surface area contributed by atoms with Gasteiger partial charge in [-0.05, 0) is 49.9 Å². The van der Waals surface area contributed by atoms with Crippen LogP contribution in [-0.2, 0) is 19.6 Å². The minimum absolute atomic E-state index is 0.0620. The van der Waals surface area contributed by atoms with E-state index < -0.39 is 16.0 Å². The molecule has 8 heteroatoms. The number of ether oxygens (including phenoxy) is 1. The largest absolute Gasteiger partial charge is 0.459 e. The predicted molar refractivity (Wildman–Crippen MR) is 99.7 cm³/mol. The van der Waals surface area contributed by atoms with E-state index in [-0.39, 0.29) is 30.0 Å². The number of hydrogen-bond donors (Lipinski definition) is 1. The van der Waals surface area contributed by atoms with Crippen LogP contribution in [0, 0.1) is 0 Å². The fourth-order valence-corrected chi connectivity index (χ4v) is 4.89. The van der Waals surface area contributed by atoms with Crippen molar-refractivity contribution in [3.63, 3.8) is 0 Å². The molecule has 1 aliphatic carbocycles. The second kappa shape index (κ2) is 8.84. The molecule has 2 fully saturated rings. The summed E-state index contributed by atoms with van der Waals surface area (Å²) in [5.41, 5.74) is 0.340. The molecule has 0 spiro atoms. The van der Waals surface area contributed by atoms with Crippen molar-refractivity contribution in [1.82, 2.24) is 9.62 Å². The number of amides is 1. The van der Waals surface area contributed by atoms with Gasteiger partial charge < -0.3 is 10.1 Å². The molecule has 3 rings (SSSR count). The summed E-state index contributed by atoms with van der Waals surface area (Å²) in [7, 11) is -3.75. The Morgan fingerprint density at radius 1 is 1.04 bits per heavy atom. The molecule has 0 atom stereocenters. The molecule has 27 heavy (non-hydrogen) atoms. The summed E-state index contributed by atoms with van der Waals surface area (Å²) < 4.78 is 32.0. The van der Waals surface area contributed by atoms with Gasteiger partial charge in [-0.3, -0.25) is 4.79 Å². The molecule has 0 radical (unpaired) electrons. The highest BCUT2D eigenvalue weighted by molar-refractivity contribution is 7.89. The van der Waals surface area contributed by atoms with Crippen molar-refractivity contribution in [2.75, 3.05) is 19.6 Å². The van der Waals surface area contributed by atoms with Crippen molar-refractivity contribution >= 4 is 21.9 Å². The highest BCUT2D eigenvalue weighted by Gasteiger charge is 2.29. The monoisotopic (exact) mass is 394 g/mol. The third kappa shape index (κ3) is 5.07. The number of hydrogen-bond acceptors (Lipinski definition) is 5. The van der Waals surface area contributed by atoms with Gasteiger partial charge >= 0.3 is 5.97 Å². The van der Waals surface area contributed by atoms with E-state index >= 15 is 0 Å². The second-order valence-corrected chi connectivity index (χ2v) is 9.02. The van der Waals surface area contributed by atoms with Crippen LogP contribution in [0.5, 0.6) is 0 Å². The number of carbonyl (C=O) groups excluding carboxylic acids is 2. The van der Waals surface area contributed by atoms with Crippen LogP contribution in [-0.4, -0.2) is 50.3 Å². The molecule has 148 valence electrons. The maximum atomic E-state index is 12.6. The summed E-state index contributed by atoms with van der Waals surface area (Å²) in [6.07, 6.45) is 7.44. The highest BCUT2D eigenvalue weighted by atomic mass is 32.2. The van der Waals surface area contributed by atoms with E-state index in [0.29, 0.717) is 12.1 Å². The van der Waals surface area contributed by atoms with Gasteiger partial charge in [0.15, 0.2) is 0 Å². The Morgan fingerprint density at radius 3 is 2.30 bits per heavy atom. The van der Waals surface area contributed by atoms with Crippen LogP contribution in [0.25, 0.3) is 0 Å². The Hall–Kier alpha value is -1.93. The maximum Gasteiger partial charge on any atom is 0.338 e. The van der Waals surface area contributed by atoms with E-state index in [1.165, 1.54) is 43.5 Å².